The fourth-order valence-corrected chi connectivity index (χ4v) is 1.40. The Morgan fingerprint density at radius 3 is 3.00 bits per heavy atom. The molecule has 1 rings (SSSR count). The molecule has 1 aliphatic rings. The number of nitrogens with one attached hydrogen (secondary N) is 1. The molecule has 0 radical (unpaired) electrons. The van der Waals surface area contributed by atoms with Gasteiger partial charge in [-0.25, -0.2) is 0 Å². The lowest BCUT2D eigenvalue weighted by Crippen LogP contribution is -2.24. The summed E-state index contributed by atoms with van der Waals surface area (Å²) in [5.41, 5.74) is 1.46. The van der Waals surface area contributed by atoms with Gasteiger partial charge in [-0.3, -0.25) is 4.79 Å². The van der Waals surface area contributed by atoms with Crippen molar-refractivity contribution in [3.8, 4) is 0 Å². The summed E-state index contributed by atoms with van der Waals surface area (Å²) in [6, 6.07) is 0. The minimum atomic E-state index is 0.211. The van der Waals surface area contributed by atoms with Gasteiger partial charge in [0.05, 0.1) is 0 Å². The zero-order chi connectivity index (χ0) is 8.81. The highest BCUT2D eigenvalue weighted by Crippen LogP contribution is 2.08. The lowest BCUT2D eigenvalue weighted by atomic mass is 10.1. The van der Waals surface area contributed by atoms with Crippen LogP contribution in [0.15, 0.2) is 11.6 Å². The van der Waals surface area contributed by atoms with Crippen molar-refractivity contribution < 1.29 is 4.79 Å². The number of carbonyl (C=O) groups is 1. The molecule has 1 aliphatic heterocycles. The first-order valence-electron chi connectivity index (χ1n) is 4.71. The molecule has 0 bridgehead atoms. The van der Waals surface area contributed by atoms with Gasteiger partial charge in [0.15, 0.2) is 0 Å². The van der Waals surface area contributed by atoms with Crippen LogP contribution in [-0.2, 0) is 4.79 Å². The monoisotopic (exact) mass is 167 g/mol. The summed E-state index contributed by atoms with van der Waals surface area (Å²) >= 11 is 0. The molecule has 1 N–H and O–H groups in total. The fraction of sp³-hybridized carbons (Fsp3) is 0.700. The second kappa shape index (κ2) is 4.96. The van der Waals surface area contributed by atoms with Gasteiger partial charge in [-0.1, -0.05) is 11.6 Å². The zero-order valence-corrected chi connectivity index (χ0v) is 7.73. The van der Waals surface area contributed by atoms with Crippen LogP contribution in [0, 0.1) is 0 Å². The molecule has 0 unspecified atom stereocenters. The van der Waals surface area contributed by atoms with Crippen molar-refractivity contribution in [1.82, 2.24) is 5.32 Å². The molecule has 68 valence electrons. The molecule has 0 atom stereocenters. The molecule has 0 aromatic carbocycles. The summed E-state index contributed by atoms with van der Waals surface area (Å²) in [4.78, 5) is 11.1. The van der Waals surface area contributed by atoms with E-state index in [9.17, 15) is 4.79 Å². The van der Waals surface area contributed by atoms with E-state index in [-0.39, 0.29) is 5.91 Å². The van der Waals surface area contributed by atoms with E-state index in [2.05, 4.69) is 18.3 Å². The van der Waals surface area contributed by atoms with Crippen molar-refractivity contribution in [2.75, 3.05) is 6.54 Å². The van der Waals surface area contributed by atoms with Gasteiger partial charge < -0.3 is 5.32 Å². The third-order valence-corrected chi connectivity index (χ3v) is 2.17. The molecule has 0 saturated heterocycles. The van der Waals surface area contributed by atoms with Crippen LogP contribution in [0.3, 0.4) is 0 Å². The van der Waals surface area contributed by atoms with Crippen LogP contribution in [-0.4, -0.2) is 12.5 Å². The minimum absolute atomic E-state index is 0.211. The Balaban J connectivity index is 2.39. The zero-order valence-electron chi connectivity index (χ0n) is 7.73. The molecular weight excluding hydrogens is 150 g/mol. The van der Waals surface area contributed by atoms with Gasteiger partial charge in [0.2, 0.25) is 5.91 Å². The van der Waals surface area contributed by atoms with Crippen molar-refractivity contribution in [3.05, 3.63) is 11.6 Å². The Kier molecular flexibility index (Phi) is 3.85. The van der Waals surface area contributed by atoms with Gasteiger partial charge in [0, 0.05) is 13.0 Å². The SMILES string of the molecule is C/C1=C/CCCC(=O)NCCC1. The largest absolute Gasteiger partial charge is 0.356 e. The quantitative estimate of drug-likeness (QED) is 0.549. The molecule has 0 saturated carbocycles. The first-order valence-corrected chi connectivity index (χ1v) is 4.71. The van der Waals surface area contributed by atoms with Crippen LogP contribution in [0.2, 0.25) is 0 Å². The van der Waals surface area contributed by atoms with E-state index < -0.39 is 0 Å². The molecule has 12 heavy (non-hydrogen) atoms. The number of hydrogen-bond acceptors (Lipinski definition) is 1. The lowest BCUT2D eigenvalue weighted by Gasteiger charge is -2.07. The highest BCUT2D eigenvalue weighted by Gasteiger charge is 2.01. The maximum atomic E-state index is 11.1. The summed E-state index contributed by atoms with van der Waals surface area (Å²) < 4.78 is 0. The third-order valence-electron chi connectivity index (χ3n) is 2.17. The molecule has 2 nitrogen and oxygen atoms in total. The van der Waals surface area contributed by atoms with Gasteiger partial charge in [-0.15, -0.1) is 0 Å². The van der Waals surface area contributed by atoms with Crippen LogP contribution in [0.5, 0.6) is 0 Å². The number of hydrogen-bond donors (Lipinski definition) is 1. The van der Waals surface area contributed by atoms with Crippen LogP contribution in [0.1, 0.15) is 39.0 Å². The van der Waals surface area contributed by atoms with E-state index in [4.69, 9.17) is 0 Å². The van der Waals surface area contributed by atoms with Gasteiger partial charge in [-0.2, -0.15) is 0 Å². The highest BCUT2D eigenvalue weighted by atomic mass is 16.1. The number of allylic oxidation sites excluding steroid dienone is 2. The van der Waals surface area contributed by atoms with Crippen LogP contribution >= 0.6 is 0 Å². The predicted molar refractivity (Wildman–Crippen MR) is 49.9 cm³/mol. The van der Waals surface area contributed by atoms with E-state index >= 15 is 0 Å². The van der Waals surface area contributed by atoms with E-state index in [1.165, 1.54) is 5.57 Å². The Labute approximate surface area is 74.0 Å². The topological polar surface area (TPSA) is 29.1 Å². The van der Waals surface area contributed by atoms with Crippen LogP contribution in [0.4, 0.5) is 0 Å². The Morgan fingerprint density at radius 2 is 2.17 bits per heavy atom. The minimum Gasteiger partial charge on any atom is -0.356 e. The molecule has 0 fully saturated rings. The van der Waals surface area contributed by atoms with Crippen LogP contribution < -0.4 is 5.32 Å². The van der Waals surface area contributed by atoms with Crippen molar-refractivity contribution in [2.45, 2.75) is 39.0 Å². The van der Waals surface area contributed by atoms with Gasteiger partial charge >= 0.3 is 0 Å². The standard InChI is InChI=1S/C10H17NO/c1-9-5-2-3-7-10(12)11-8-4-6-9/h5H,2-4,6-8H2,1H3,(H,11,12)/b9-5-. The maximum Gasteiger partial charge on any atom is 0.220 e. The second-order valence-corrected chi connectivity index (χ2v) is 3.40. The Morgan fingerprint density at radius 1 is 1.33 bits per heavy atom. The van der Waals surface area contributed by atoms with Crippen molar-refractivity contribution in [1.29, 1.82) is 0 Å². The summed E-state index contributed by atoms with van der Waals surface area (Å²) in [5.74, 6) is 0.211. The average Bonchev–Trinajstić information content (AvgIpc) is 2.06. The van der Waals surface area contributed by atoms with Gasteiger partial charge in [0.25, 0.3) is 0 Å². The van der Waals surface area contributed by atoms with Crippen molar-refractivity contribution in [3.63, 3.8) is 0 Å². The van der Waals surface area contributed by atoms with E-state index in [1.54, 1.807) is 0 Å². The van der Waals surface area contributed by atoms with Gasteiger partial charge in [0.1, 0.15) is 0 Å². The molecule has 1 amide bonds. The van der Waals surface area contributed by atoms with Crippen molar-refractivity contribution >= 4 is 5.91 Å². The maximum absolute atomic E-state index is 11.1. The Hall–Kier alpha value is -0.790. The van der Waals surface area contributed by atoms with Crippen molar-refractivity contribution in [2.24, 2.45) is 0 Å². The average molecular weight is 167 g/mol. The number of rotatable bonds is 0. The first-order chi connectivity index (χ1) is 5.79. The summed E-state index contributed by atoms with van der Waals surface area (Å²) in [6.07, 6.45) is 7.19. The van der Waals surface area contributed by atoms with Crippen LogP contribution in [0.25, 0.3) is 0 Å². The summed E-state index contributed by atoms with van der Waals surface area (Å²) in [7, 11) is 0. The number of carbonyl (C=O) groups excluding carboxylic acids is 1. The fourth-order valence-electron chi connectivity index (χ4n) is 1.40. The molecular formula is C10H17NO. The highest BCUT2D eigenvalue weighted by molar-refractivity contribution is 5.75. The summed E-state index contributed by atoms with van der Waals surface area (Å²) in [6.45, 7) is 3.01. The Bertz CT molecular complexity index is 184. The summed E-state index contributed by atoms with van der Waals surface area (Å²) in [5, 5.41) is 2.91. The predicted octanol–water partition coefficient (Wildman–Crippen LogP) is 2.01. The molecule has 1 heterocycles. The lowest BCUT2D eigenvalue weighted by molar-refractivity contribution is -0.121. The molecule has 0 spiro atoms. The van der Waals surface area contributed by atoms with E-state index in [0.717, 1.165) is 32.2 Å². The second-order valence-electron chi connectivity index (χ2n) is 3.40. The molecule has 0 aliphatic carbocycles. The normalized spacial score (nSPS) is 25.4. The first kappa shape index (κ1) is 9.30. The number of amides is 1. The molecule has 2 heteroatoms. The third kappa shape index (κ3) is 3.56. The van der Waals surface area contributed by atoms with E-state index in [0.29, 0.717) is 6.42 Å². The molecule has 0 aromatic rings. The smallest absolute Gasteiger partial charge is 0.220 e. The molecule has 0 aromatic heterocycles. The van der Waals surface area contributed by atoms with Gasteiger partial charge in [-0.05, 0) is 32.6 Å². The van der Waals surface area contributed by atoms with E-state index in [1.807, 2.05) is 0 Å².